The molecule has 100 valence electrons. The lowest BCUT2D eigenvalue weighted by atomic mass is 10.1. The van der Waals surface area contributed by atoms with Gasteiger partial charge >= 0.3 is 0 Å². The minimum atomic E-state index is -0.325. The van der Waals surface area contributed by atoms with E-state index in [-0.39, 0.29) is 18.2 Å². The van der Waals surface area contributed by atoms with Gasteiger partial charge in [-0.1, -0.05) is 17.9 Å². The Bertz CT molecular complexity index is 673. The van der Waals surface area contributed by atoms with Gasteiger partial charge in [0.15, 0.2) is 0 Å². The number of hydrogen-bond donors (Lipinski definition) is 2. The number of rotatable bonds is 2. The number of hydrogen-bond acceptors (Lipinski definition) is 4. The first kappa shape index (κ1) is 13.7. The van der Waals surface area contributed by atoms with Crippen LogP contribution in [0.1, 0.15) is 21.6 Å². The number of carbonyl (C=O) groups excluding carboxylic acids is 1. The molecule has 0 unspecified atom stereocenters. The molecule has 1 aromatic carbocycles. The van der Waals surface area contributed by atoms with Crippen LogP contribution < -0.4 is 5.32 Å². The van der Waals surface area contributed by atoms with Gasteiger partial charge in [-0.3, -0.25) is 9.78 Å². The number of benzene rings is 1. The van der Waals surface area contributed by atoms with E-state index in [2.05, 4.69) is 27.1 Å². The summed E-state index contributed by atoms with van der Waals surface area (Å²) >= 11 is 0. The molecule has 0 aliphatic heterocycles. The Balaban J connectivity index is 2.22. The molecular weight excluding hydrogens is 254 g/mol. The number of aryl methyl sites for hydroxylation is 1. The van der Waals surface area contributed by atoms with Crippen LogP contribution in [0.25, 0.3) is 0 Å². The lowest BCUT2D eigenvalue weighted by Crippen LogP contribution is -2.14. The third-order valence-electron chi connectivity index (χ3n) is 2.59. The largest absolute Gasteiger partial charge is 0.384 e. The summed E-state index contributed by atoms with van der Waals surface area (Å²) in [6.07, 6.45) is 4.37. The standard InChI is InChI=1S/C15H13N3O2/c1-11-4-5-12(3-2-8-19)9-13(11)18-15(20)14-10-16-6-7-17-14/h4-7,9-10,19H,8H2,1H3,(H,18,20). The van der Waals surface area contributed by atoms with Crippen LogP contribution in [0.15, 0.2) is 36.8 Å². The highest BCUT2D eigenvalue weighted by Crippen LogP contribution is 2.17. The van der Waals surface area contributed by atoms with E-state index in [0.717, 1.165) is 11.1 Å². The SMILES string of the molecule is Cc1ccc(C#CCO)cc1NC(=O)c1cnccn1. The maximum atomic E-state index is 12.0. The predicted molar refractivity (Wildman–Crippen MR) is 75.1 cm³/mol. The normalized spacial score (nSPS) is 9.50. The Morgan fingerprint density at radius 2 is 2.25 bits per heavy atom. The van der Waals surface area contributed by atoms with Gasteiger partial charge in [0.25, 0.3) is 5.91 Å². The van der Waals surface area contributed by atoms with Crippen molar-refractivity contribution in [2.45, 2.75) is 6.92 Å². The van der Waals surface area contributed by atoms with Crippen LogP contribution in [-0.4, -0.2) is 27.6 Å². The third-order valence-corrected chi connectivity index (χ3v) is 2.59. The van der Waals surface area contributed by atoms with E-state index in [0.29, 0.717) is 5.69 Å². The molecule has 0 atom stereocenters. The van der Waals surface area contributed by atoms with Gasteiger partial charge in [0.1, 0.15) is 12.3 Å². The summed E-state index contributed by atoms with van der Waals surface area (Å²) in [4.78, 5) is 19.8. The number of amides is 1. The van der Waals surface area contributed by atoms with Crippen molar-refractivity contribution in [2.75, 3.05) is 11.9 Å². The molecule has 0 fully saturated rings. The molecule has 1 amide bonds. The van der Waals surface area contributed by atoms with Gasteiger partial charge in [0.05, 0.1) is 6.20 Å². The average molecular weight is 267 g/mol. The van der Waals surface area contributed by atoms with Crippen molar-refractivity contribution in [3.63, 3.8) is 0 Å². The molecule has 20 heavy (non-hydrogen) atoms. The Kier molecular flexibility index (Phi) is 4.43. The monoisotopic (exact) mass is 267 g/mol. The number of nitrogens with one attached hydrogen (secondary N) is 1. The second-order valence-corrected chi connectivity index (χ2v) is 4.03. The Morgan fingerprint density at radius 3 is 2.95 bits per heavy atom. The summed E-state index contributed by atoms with van der Waals surface area (Å²) in [7, 11) is 0. The fourth-order valence-corrected chi connectivity index (χ4v) is 1.58. The molecule has 0 spiro atoms. The molecule has 0 radical (unpaired) electrons. The zero-order chi connectivity index (χ0) is 14.4. The third kappa shape index (κ3) is 3.40. The fourth-order valence-electron chi connectivity index (χ4n) is 1.58. The minimum absolute atomic E-state index is 0.199. The number of nitrogens with zero attached hydrogens (tertiary/aromatic N) is 2. The van der Waals surface area contributed by atoms with Crippen molar-refractivity contribution in [1.29, 1.82) is 0 Å². The fraction of sp³-hybridized carbons (Fsp3) is 0.133. The van der Waals surface area contributed by atoms with Crippen LogP contribution in [0.5, 0.6) is 0 Å². The number of carbonyl (C=O) groups is 1. The van der Waals surface area contributed by atoms with E-state index in [1.807, 2.05) is 19.1 Å². The van der Waals surface area contributed by atoms with Gasteiger partial charge in [0.2, 0.25) is 0 Å². The molecule has 0 aliphatic rings. The molecule has 2 rings (SSSR count). The van der Waals surface area contributed by atoms with Crippen LogP contribution in [0.4, 0.5) is 5.69 Å². The molecule has 5 heteroatoms. The lowest BCUT2D eigenvalue weighted by molar-refractivity contribution is 0.102. The molecular formula is C15H13N3O2. The molecule has 1 aromatic heterocycles. The zero-order valence-electron chi connectivity index (χ0n) is 10.9. The van der Waals surface area contributed by atoms with Crippen LogP contribution in [0, 0.1) is 18.8 Å². The van der Waals surface area contributed by atoms with Crippen LogP contribution >= 0.6 is 0 Å². The van der Waals surface area contributed by atoms with Crippen LogP contribution in [0.3, 0.4) is 0 Å². The second kappa shape index (κ2) is 6.45. The van der Waals surface area contributed by atoms with Crippen molar-refractivity contribution in [2.24, 2.45) is 0 Å². The van der Waals surface area contributed by atoms with Crippen LogP contribution in [-0.2, 0) is 0 Å². The summed E-state index contributed by atoms with van der Waals surface area (Å²) in [6.45, 7) is 1.69. The number of aromatic nitrogens is 2. The topological polar surface area (TPSA) is 75.1 Å². The molecule has 2 aromatic rings. The Hall–Kier alpha value is -2.71. The van der Waals surface area contributed by atoms with E-state index in [1.165, 1.54) is 18.6 Å². The molecule has 0 bridgehead atoms. The van der Waals surface area contributed by atoms with E-state index in [4.69, 9.17) is 5.11 Å². The van der Waals surface area contributed by atoms with Gasteiger partial charge in [-0.15, -0.1) is 0 Å². The summed E-state index contributed by atoms with van der Waals surface area (Å²) in [5.41, 5.74) is 2.54. The first-order valence-electron chi connectivity index (χ1n) is 5.98. The quantitative estimate of drug-likeness (QED) is 0.806. The Labute approximate surface area is 116 Å². The first-order valence-corrected chi connectivity index (χ1v) is 5.98. The van der Waals surface area contributed by atoms with Gasteiger partial charge in [-0.05, 0) is 24.6 Å². The van der Waals surface area contributed by atoms with Crippen molar-refractivity contribution < 1.29 is 9.90 Å². The van der Waals surface area contributed by atoms with Crippen molar-refractivity contribution >= 4 is 11.6 Å². The number of anilines is 1. The number of aliphatic hydroxyl groups is 1. The molecule has 0 aliphatic carbocycles. The van der Waals surface area contributed by atoms with Gasteiger partial charge in [0, 0.05) is 23.6 Å². The molecule has 0 saturated heterocycles. The maximum Gasteiger partial charge on any atom is 0.275 e. The zero-order valence-corrected chi connectivity index (χ0v) is 10.9. The van der Waals surface area contributed by atoms with Crippen molar-refractivity contribution in [3.05, 3.63) is 53.6 Å². The lowest BCUT2D eigenvalue weighted by Gasteiger charge is -2.08. The first-order chi connectivity index (χ1) is 9.70. The van der Waals surface area contributed by atoms with Gasteiger partial charge in [-0.25, -0.2) is 4.98 Å². The molecule has 0 saturated carbocycles. The van der Waals surface area contributed by atoms with E-state index in [1.54, 1.807) is 6.07 Å². The average Bonchev–Trinajstić information content (AvgIpc) is 2.49. The van der Waals surface area contributed by atoms with Gasteiger partial charge in [-0.2, -0.15) is 0 Å². The van der Waals surface area contributed by atoms with Crippen molar-refractivity contribution in [1.82, 2.24) is 9.97 Å². The Morgan fingerprint density at radius 1 is 1.40 bits per heavy atom. The minimum Gasteiger partial charge on any atom is -0.384 e. The smallest absolute Gasteiger partial charge is 0.275 e. The van der Waals surface area contributed by atoms with E-state index >= 15 is 0 Å². The van der Waals surface area contributed by atoms with Crippen molar-refractivity contribution in [3.8, 4) is 11.8 Å². The highest BCUT2D eigenvalue weighted by Gasteiger charge is 2.09. The summed E-state index contributed by atoms with van der Waals surface area (Å²) in [5.74, 6) is 5.04. The summed E-state index contributed by atoms with van der Waals surface area (Å²) in [5, 5.41) is 11.5. The summed E-state index contributed by atoms with van der Waals surface area (Å²) in [6, 6.07) is 5.44. The predicted octanol–water partition coefficient (Wildman–Crippen LogP) is 1.38. The van der Waals surface area contributed by atoms with Crippen LogP contribution in [0.2, 0.25) is 0 Å². The van der Waals surface area contributed by atoms with E-state index in [9.17, 15) is 4.79 Å². The highest BCUT2D eigenvalue weighted by atomic mass is 16.2. The second-order valence-electron chi connectivity index (χ2n) is 4.03. The number of aliphatic hydroxyl groups excluding tert-OH is 1. The summed E-state index contributed by atoms with van der Waals surface area (Å²) < 4.78 is 0. The molecule has 1 heterocycles. The molecule has 5 nitrogen and oxygen atoms in total. The molecule has 2 N–H and O–H groups in total. The maximum absolute atomic E-state index is 12.0. The highest BCUT2D eigenvalue weighted by molar-refractivity contribution is 6.03. The van der Waals surface area contributed by atoms with E-state index < -0.39 is 0 Å². The van der Waals surface area contributed by atoms with Gasteiger partial charge < -0.3 is 10.4 Å².